The molecule has 0 spiro atoms. The summed E-state index contributed by atoms with van der Waals surface area (Å²) in [5.74, 6) is 0. The first-order valence-corrected chi connectivity index (χ1v) is 6.51. The molecule has 0 saturated heterocycles. The van der Waals surface area contributed by atoms with Crippen LogP contribution in [0.5, 0.6) is 0 Å². The van der Waals surface area contributed by atoms with Crippen molar-refractivity contribution in [3.63, 3.8) is 0 Å². The third kappa shape index (κ3) is 2.36. The van der Waals surface area contributed by atoms with E-state index in [0.717, 1.165) is 17.7 Å². The van der Waals surface area contributed by atoms with Gasteiger partial charge in [0.25, 0.3) is 5.56 Å². The van der Waals surface area contributed by atoms with Gasteiger partial charge in [-0.15, -0.1) is 0 Å². The lowest BCUT2D eigenvalue weighted by atomic mass is 10.1. The molecule has 0 saturated carbocycles. The van der Waals surface area contributed by atoms with E-state index in [1.165, 1.54) is 16.8 Å². The summed E-state index contributed by atoms with van der Waals surface area (Å²) < 4.78 is 39.8. The average molecular weight is 304 g/mol. The molecular formula is C16H11F3N2O. The van der Waals surface area contributed by atoms with Crippen LogP contribution in [0.25, 0.3) is 16.5 Å². The van der Waals surface area contributed by atoms with E-state index in [9.17, 15) is 18.0 Å². The molecule has 2 heterocycles. The number of hydrogen-bond acceptors (Lipinski definition) is 2. The van der Waals surface area contributed by atoms with Crippen molar-refractivity contribution < 1.29 is 13.2 Å². The molecule has 0 fully saturated rings. The Bertz CT molecular complexity index is 913. The lowest BCUT2D eigenvalue weighted by molar-refractivity contribution is -0.137. The van der Waals surface area contributed by atoms with Gasteiger partial charge in [0, 0.05) is 17.8 Å². The summed E-state index contributed by atoms with van der Waals surface area (Å²) in [6.07, 6.45) is 0.163. The van der Waals surface area contributed by atoms with Crippen molar-refractivity contribution >= 4 is 10.8 Å². The van der Waals surface area contributed by atoms with E-state index in [0.29, 0.717) is 11.1 Å². The van der Waals surface area contributed by atoms with Gasteiger partial charge >= 0.3 is 6.18 Å². The zero-order valence-corrected chi connectivity index (χ0v) is 11.6. The van der Waals surface area contributed by atoms with Gasteiger partial charge in [0.15, 0.2) is 0 Å². The number of aromatic nitrogens is 2. The standard InChI is InChI=1S/C16H11F3N2O/c1-10-4-6-20-9-14(10)21-7-5-11-2-3-12(16(17,18)19)8-13(11)15(21)22/h2-9H,1H3. The van der Waals surface area contributed by atoms with Crippen LogP contribution in [0, 0.1) is 6.92 Å². The molecule has 0 unspecified atom stereocenters. The van der Waals surface area contributed by atoms with E-state index >= 15 is 0 Å². The second kappa shape index (κ2) is 4.98. The highest BCUT2D eigenvalue weighted by atomic mass is 19.4. The number of hydrogen-bond donors (Lipinski definition) is 0. The van der Waals surface area contributed by atoms with Crippen LogP contribution in [-0.4, -0.2) is 9.55 Å². The summed E-state index contributed by atoms with van der Waals surface area (Å²) in [7, 11) is 0. The van der Waals surface area contributed by atoms with E-state index in [4.69, 9.17) is 0 Å². The molecule has 0 aliphatic heterocycles. The van der Waals surface area contributed by atoms with E-state index < -0.39 is 17.3 Å². The smallest absolute Gasteiger partial charge is 0.282 e. The van der Waals surface area contributed by atoms with Crippen molar-refractivity contribution in [3.05, 3.63) is 70.4 Å². The van der Waals surface area contributed by atoms with E-state index in [-0.39, 0.29) is 5.39 Å². The lowest BCUT2D eigenvalue weighted by Gasteiger charge is -2.11. The Labute approximate surface area is 123 Å². The van der Waals surface area contributed by atoms with Gasteiger partial charge in [0.1, 0.15) is 0 Å². The van der Waals surface area contributed by atoms with Gasteiger partial charge in [0.05, 0.1) is 17.4 Å². The number of aryl methyl sites for hydroxylation is 1. The van der Waals surface area contributed by atoms with Gasteiger partial charge in [-0.25, -0.2) is 0 Å². The maximum absolute atomic E-state index is 12.8. The molecule has 3 aromatic rings. The van der Waals surface area contributed by atoms with Crippen LogP contribution >= 0.6 is 0 Å². The molecule has 112 valence electrons. The van der Waals surface area contributed by atoms with Crippen LogP contribution < -0.4 is 5.56 Å². The monoisotopic (exact) mass is 304 g/mol. The molecule has 0 radical (unpaired) electrons. The zero-order valence-electron chi connectivity index (χ0n) is 11.6. The van der Waals surface area contributed by atoms with Crippen molar-refractivity contribution in [3.8, 4) is 5.69 Å². The first kappa shape index (κ1) is 14.3. The Kier molecular flexibility index (Phi) is 3.24. The predicted molar refractivity (Wildman–Crippen MR) is 77.1 cm³/mol. The first-order valence-electron chi connectivity index (χ1n) is 6.51. The minimum atomic E-state index is -4.48. The summed E-state index contributed by atoms with van der Waals surface area (Å²) in [5.41, 5.74) is 0.0210. The van der Waals surface area contributed by atoms with Crippen LogP contribution in [0.3, 0.4) is 0 Å². The predicted octanol–water partition coefficient (Wildman–Crippen LogP) is 3.71. The van der Waals surface area contributed by atoms with E-state index in [1.54, 1.807) is 31.5 Å². The fourth-order valence-electron chi connectivity index (χ4n) is 2.31. The Morgan fingerprint density at radius 3 is 2.59 bits per heavy atom. The number of rotatable bonds is 1. The number of benzene rings is 1. The van der Waals surface area contributed by atoms with Crippen molar-refractivity contribution in [2.45, 2.75) is 13.1 Å². The molecule has 0 aliphatic carbocycles. The number of halogens is 3. The minimum absolute atomic E-state index is 0.0283. The number of pyridine rings is 2. The largest absolute Gasteiger partial charge is 0.416 e. The molecule has 6 heteroatoms. The average Bonchev–Trinajstić information content (AvgIpc) is 2.47. The van der Waals surface area contributed by atoms with Gasteiger partial charge in [0.2, 0.25) is 0 Å². The first-order chi connectivity index (χ1) is 10.4. The van der Waals surface area contributed by atoms with Crippen LogP contribution in [0.1, 0.15) is 11.1 Å². The van der Waals surface area contributed by atoms with Crippen molar-refractivity contribution in [2.24, 2.45) is 0 Å². The Morgan fingerprint density at radius 1 is 1.14 bits per heavy atom. The number of fused-ring (bicyclic) bond motifs is 1. The van der Waals surface area contributed by atoms with Crippen LogP contribution in [0.4, 0.5) is 13.2 Å². The van der Waals surface area contributed by atoms with Crippen molar-refractivity contribution in [1.29, 1.82) is 0 Å². The molecule has 0 N–H and O–H groups in total. The summed E-state index contributed by atoms with van der Waals surface area (Å²) in [5, 5.41) is 0.497. The molecule has 0 aliphatic rings. The molecule has 0 atom stereocenters. The molecular weight excluding hydrogens is 293 g/mol. The second-order valence-electron chi connectivity index (χ2n) is 4.95. The number of alkyl halides is 3. The highest BCUT2D eigenvalue weighted by Gasteiger charge is 2.30. The molecule has 1 aromatic carbocycles. The Hall–Kier alpha value is -2.63. The fraction of sp³-hybridized carbons (Fsp3) is 0.125. The summed E-state index contributed by atoms with van der Waals surface area (Å²) in [4.78, 5) is 16.5. The molecule has 0 bridgehead atoms. The van der Waals surface area contributed by atoms with Gasteiger partial charge in [-0.1, -0.05) is 6.07 Å². The van der Waals surface area contributed by atoms with Gasteiger partial charge in [-0.3, -0.25) is 14.3 Å². The Morgan fingerprint density at radius 2 is 1.91 bits per heavy atom. The van der Waals surface area contributed by atoms with Gasteiger partial charge < -0.3 is 0 Å². The molecule has 22 heavy (non-hydrogen) atoms. The van der Waals surface area contributed by atoms with E-state index in [1.807, 2.05) is 0 Å². The van der Waals surface area contributed by atoms with Crippen LogP contribution in [0.15, 0.2) is 53.7 Å². The molecule has 0 amide bonds. The highest BCUT2D eigenvalue weighted by Crippen LogP contribution is 2.30. The van der Waals surface area contributed by atoms with E-state index in [2.05, 4.69) is 4.98 Å². The van der Waals surface area contributed by atoms with Crippen LogP contribution in [0.2, 0.25) is 0 Å². The summed E-state index contributed by atoms with van der Waals surface area (Å²) >= 11 is 0. The van der Waals surface area contributed by atoms with Crippen LogP contribution in [-0.2, 0) is 6.18 Å². The fourth-order valence-corrected chi connectivity index (χ4v) is 2.31. The third-order valence-electron chi connectivity index (χ3n) is 3.50. The minimum Gasteiger partial charge on any atom is -0.282 e. The number of nitrogens with zero attached hydrogens (tertiary/aromatic N) is 2. The molecule has 3 rings (SSSR count). The molecule has 2 aromatic heterocycles. The summed E-state index contributed by atoms with van der Waals surface area (Å²) in [6.45, 7) is 1.81. The quantitative estimate of drug-likeness (QED) is 0.687. The second-order valence-corrected chi connectivity index (χ2v) is 4.95. The maximum atomic E-state index is 12.8. The highest BCUT2D eigenvalue weighted by molar-refractivity contribution is 5.82. The molecule has 3 nitrogen and oxygen atoms in total. The Balaban J connectivity index is 2.29. The third-order valence-corrected chi connectivity index (χ3v) is 3.50. The topological polar surface area (TPSA) is 34.9 Å². The van der Waals surface area contributed by atoms with Crippen molar-refractivity contribution in [2.75, 3.05) is 0 Å². The van der Waals surface area contributed by atoms with Gasteiger partial charge in [-0.05, 0) is 42.1 Å². The zero-order chi connectivity index (χ0) is 15.9. The summed E-state index contributed by atoms with van der Waals surface area (Å²) in [6, 6.07) is 6.52. The lowest BCUT2D eigenvalue weighted by Crippen LogP contribution is -2.19. The van der Waals surface area contributed by atoms with Gasteiger partial charge in [-0.2, -0.15) is 13.2 Å². The SMILES string of the molecule is Cc1ccncc1-n1ccc2ccc(C(F)(F)F)cc2c1=O. The normalized spacial score (nSPS) is 11.8. The van der Waals surface area contributed by atoms with Crippen molar-refractivity contribution in [1.82, 2.24) is 9.55 Å². The maximum Gasteiger partial charge on any atom is 0.416 e.